The molecule has 1 unspecified atom stereocenters. The van der Waals surface area contributed by atoms with E-state index in [0.29, 0.717) is 0 Å². The van der Waals surface area contributed by atoms with E-state index in [1.54, 1.807) is 0 Å². The number of pyridine rings is 1. The summed E-state index contributed by atoms with van der Waals surface area (Å²) in [6.45, 7) is 1.75. The molecule has 2 rings (SSSR count). The molecule has 1 aliphatic rings. The molecule has 0 saturated carbocycles. The van der Waals surface area contributed by atoms with Crippen LogP contribution in [0, 0.1) is 0 Å². The van der Waals surface area contributed by atoms with Gasteiger partial charge in [0.15, 0.2) is 6.29 Å². The topological polar surface area (TPSA) is 31.4 Å². The third-order valence-corrected chi connectivity index (χ3v) is 4.55. The van der Waals surface area contributed by atoms with Gasteiger partial charge in [-0.15, -0.1) is 0 Å². The quantitative estimate of drug-likeness (QED) is 0.491. The normalized spacial score (nSPS) is 18.2. The van der Waals surface area contributed by atoms with Gasteiger partial charge in [-0.1, -0.05) is 38.5 Å². The molecule has 0 amide bonds. The van der Waals surface area contributed by atoms with Crippen LogP contribution in [0.5, 0.6) is 0 Å². The third kappa shape index (κ3) is 9.07. The smallest absolute Gasteiger partial charge is 0.157 e. The third-order valence-electron chi connectivity index (χ3n) is 4.55. The summed E-state index contributed by atoms with van der Waals surface area (Å²) < 4.78 is 11.3. The van der Waals surface area contributed by atoms with Crippen molar-refractivity contribution in [1.29, 1.82) is 0 Å². The number of hydrogen-bond donors (Lipinski definition) is 0. The van der Waals surface area contributed by atoms with Crippen LogP contribution in [0.2, 0.25) is 0 Å². The van der Waals surface area contributed by atoms with Crippen molar-refractivity contribution < 1.29 is 9.47 Å². The summed E-state index contributed by atoms with van der Waals surface area (Å²) in [5, 5.41) is 0. The molecule has 1 aliphatic heterocycles. The van der Waals surface area contributed by atoms with E-state index < -0.39 is 0 Å². The molecule has 0 radical (unpaired) electrons. The van der Waals surface area contributed by atoms with Gasteiger partial charge in [-0.05, 0) is 56.2 Å². The lowest BCUT2D eigenvalue weighted by atomic mass is 10.0. The van der Waals surface area contributed by atoms with Gasteiger partial charge in [0.05, 0.1) is 0 Å². The first kappa shape index (κ1) is 18.4. The number of aromatic nitrogens is 1. The van der Waals surface area contributed by atoms with Gasteiger partial charge in [0.25, 0.3) is 0 Å². The van der Waals surface area contributed by atoms with Gasteiger partial charge in [0.1, 0.15) is 0 Å². The molecule has 1 aromatic rings. The van der Waals surface area contributed by atoms with Crippen molar-refractivity contribution in [3.8, 4) is 0 Å². The van der Waals surface area contributed by atoms with Crippen molar-refractivity contribution in [3.63, 3.8) is 0 Å². The maximum Gasteiger partial charge on any atom is 0.157 e. The number of aryl methyl sites for hydroxylation is 1. The van der Waals surface area contributed by atoms with Gasteiger partial charge in [0, 0.05) is 25.6 Å². The molecule has 3 nitrogen and oxygen atoms in total. The molecule has 1 aromatic heterocycles. The molecule has 0 spiro atoms. The number of ether oxygens (including phenoxy) is 2. The fourth-order valence-electron chi connectivity index (χ4n) is 3.10. The Balaban J connectivity index is 1.30. The van der Waals surface area contributed by atoms with Crippen molar-refractivity contribution in [2.45, 2.75) is 83.3 Å². The lowest BCUT2D eigenvalue weighted by Gasteiger charge is -2.22. The molecule has 0 aromatic carbocycles. The molecule has 0 aliphatic carbocycles. The molecule has 0 bridgehead atoms. The first-order chi connectivity index (χ1) is 11.4. The standard InChI is InChI=1S/C20H33NO2/c1(3-5-7-11-19-13-15-21-16-14-19)2-4-6-9-17-22-20-12-8-10-18-23-20/h13-16,20H,1-12,17-18H2. The van der Waals surface area contributed by atoms with Gasteiger partial charge in [-0.3, -0.25) is 4.98 Å². The molecule has 2 heterocycles. The van der Waals surface area contributed by atoms with E-state index in [-0.39, 0.29) is 6.29 Å². The second-order valence-corrected chi connectivity index (χ2v) is 6.60. The lowest BCUT2D eigenvalue weighted by molar-refractivity contribution is -0.162. The highest BCUT2D eigenvalue weighted by molar-refractivity contribution is 5.09. The van der Waals surface area contributed by atoms with Crippen LogP contribution in [-0.4, -0.2) is 24.5 Å². The van der Waals surface area contributed by atoms with Crippen LogP contribution in [0.3, 0.4) is 0 Å². The average molecular weight is 319 g/mol. The summed E-state index contributed by atoms with van der Waals surface area (Å²) in [5.41, 5.74) is 1.42. The van der Waals surface area contributed by atoms with Crippen molar-refractivity contribution in [1.82, 2.24) is 4.98 Å². The van der Waals surface area contributed by atoms with Gasteiger partial charge < -0.3 is 9.47 Å². The van der Waals surface area contributed by atoms with Crippen LogP contribution in [0.4, 0.5) is 0 Å². The summed E-state index contributed by atoms with van der Waals surface area (Å²) in [4.78, 5) is 4.06. The minimum Gasteiger partial charge on any atom is -0.353 e. The van der Waals surface area contributed by atoms with Gasteiger partial charge in [0.2, 0.25) is 0 Å². The Labute approximate surface area is 141 Å². The fraction of sp³-hybridized carbons (Fsp3) is 0.750. The van der Waals surface area contributed by atoms with E-state index in [0.717, 1.165) is 19.6 Å². The number of nitrogens with zero attached hydrogens (tertiary/aromatic N) is 1. The van der Waals surface area contributed by atoms with Gasteiger partial charge in [-0.2, -0.15) is 0 Å². The van der Waals surface area contributed by atoms with Crippen molar-refractivity contribution >= 4 is 0 Å². The summed E-state index contributed by atoms with van der Waals surface area (Å²) in [6, 6.07) is 4.25. The van der Waals surface area contributed by atoms with Crippen LogP contribution < -0.4 is 0 Å². The second kappa shape index (κ2) is 12.5. The number of rotatable bonds is 12. The van der Waals surface area contributed by atoms with Crippen LogP contribution in [-0.2, 0) is 15.9 Å². The Morgan fingerprint density at radius 3 is 2.30 bits per heavy atom. The number of hydrogen-bond acceptors (Lipinski definition) is 3. The van der Waals surface area contributed by atoms with Crippen molar-refractivity contribution in [2.75, 3.05) is 13.2 Å². The molecule has 3 heteroatoms. The molecule has 1 atom stereocenters. The van der Waals surface area contributed by atoms with E-state index in [4.69, 9.17) is 9.47 Å². The van der Waals surface area contributed by atoms with Gasteiger partial charge in [-0.25, -0.2) is 0 Å². The Hall–Kier alpha value is -0.930. The summed E-state index contributed by atoms with van der Waals surface area (Å²) in [6.07, 6.45) is 19.2. The van der Waals surface area contributed by atoms with Gasteiger partial charge >= 0.3 is 0 Å². The van der Waals surface area contributed by atoms with Crippen LogP contribution in [0.25, 0.3) is 0 Å². The summed E-state index contributed by atoms with van der Waals surface area (Å²) in [7, 11) is 0. The van der Waals surface area contributed by atoms with Crippen molar-refractivity contribution in [3.05, 3.63) is 30.1 Å². The highest BCUT2D eigenvalue weighted by Crippen LogP contribution is 2.15. The summed E-state index contributed by atoms with van der Waals surface area (Å²) in [5.74, 6) is 0. The SMILES string of the molecule is c1cc(CCCCCCCCCCOC2CCCCO2)ccn1. The minimum absolute atomic E-state index is 0.0872. The van der Waals surface area contributed by atoms with E-state index >= 15 is 0 Å². The Morgan fingerprint density at radius 1 is 0.913 bits per heavy atom. The molecule has 0 N–H and O–H groups in total. The van der Waals surface area contributed by atoms with E-state index in [1.807, 2.05) is 12.4 Å². The molecule has 23 heavy (non-hydrogen) atoms. The average Bonchev–Trinajstić information content (AvgIpc) is 2.61. The maximum atomic E-state index is 5.76. The maximum absolute atomic E-state index is 5.76. The predicted molar refractivity (Wildman–Crippen MR) is 94.4 cm³/mol. The fourth-order valence-corrected chi connectivity index (χ4v) is 3.10. The highest BCUT2D eigenvalue weighted by Gasteiger charge is 2.13. The molecule has 1 fully saturated rings. The first-order valence-electron chi connectivity index (χ1n) is 9.57. The monoisotopic (exact) mass is 319 g/mol. The Bertz CT molecular complexity index is 376. The zero-order valence-corrected chi connectivity index (χ0v) is 14.5. The lowest BCUT2D eigenvalue weighted by Crippen LogP contribution is -2.22. The Kier molecular flexibility index (Phi) is 10.00. The second-order valence-electron chi connectivity index (χ2n) is 6.60. The largest absolute Gasteiger partial charge is 0.353 e. The highest BCUT2D eigenvalue weighted by atomic mass is 16.7. The molecule has 1 saturated heterocycles. The minimum atomic E-state index is 0.0872. The predicted octanol–water partition coefficient (Wildman–Crippen LogP) is 5.29. The van der Waals surface area contributed by atoms with E-state index in [2.05, 4.69) is 17.1 Å². The summed E-state index contributed by atoms with van der Waals surface area (Å²) >= 11 is 0. The zero-order chi connectivity index (χ0) is 16.0. The van der Waals surface area contributed by atoms with Crippen LogP contribution in [0.1, 0.15) is 76.2 Å². The zero-order valence-electron chi connectivity index (χ0n) is 14.5. The molecule has 130 valence electrons. The molecular weight excluding hydrogens is 286 g/mol. The van der Waals surface area contributed by atoms with Crippen LogP contribution >= 0.6 is 0 Å². The van der Waals surface area contributed by atoms with E-state index in [1.165, 1.54) is 76.2 Å². The van der Waals surface area contributed by atoms with Crippen molar-refractivity contribution in [2.24, 2.45) is 0 Å². The molecular formula is C20H33NO2. The van der Waals surface area contributed by atoms with Crippen LogP contribution in [0.15, 0.2) is 24.5 Å². The van der Waals surface area contributed by atoms with E-state index in [9.17, 15) is 0 Å². The number of unbranched alkanes of at least 4 members (excludes halogenated alkanes) is 7. The Morgan fingerprint density at radius 2 is 1.61 bits per heavy atom. The first-order valence-corrected chi connectivity index (χ1v) is 9.57.